The molecule has 0 spiro atoms. The molecule has 0 saturated heterocycles. The lowest BCUT2D eigenvalue weighted by atomic mass is 10.00. The molecule has 1 rings (SSSR count). The third-order valence-electron chi connectivity index (χ3n) is 2.53. The summed E-state index contributed by atoms with van der Waals surface area (Å²) in [7, 11) is 0. The number of hydrogen-bond donors (Lipinski definition) is 2. The molecule has 4 nitrogen and oxygen atoms in total. The summed E-state index contributed by atoms with van der Waals surface area (Å²) in [5, 5.41) is 11.4. The van der Waals surface area contributed by atoms with Crippen LogP contribution in [0.4, 0.5) is 10.1 Å². The van der Waals surface area contributed by atoms with E-state index in [0.29, 0.717) is 18.5 Å². The Kier molecular flexibility index (Phi) is 5.30. The van der Waals surface area contributed by atoms with Crippen molar-refractivity contribution in [2.45, 2.75) is 26.2 Å². The van der Waals surface area contributed by atoms with Gasteiger partial charge in [0.15, 0.2) is 0 Å². The number of halogens is 1. The Morgan fingerprint density at radius 1 is 1.44 bits per heavy atom. The number of aliphatic carboxylic acids is 1. The predicted molar refractivity (Wildman–Crippen MR) is 65.7 cm³/mol. The molecule has 1 amide bonds. The molecular formula is C13H16FNO3. The van der Waals surface area contributed by atoms with Crippen LogP contribution in [0.5, 0.6) is 0 Å². The van der Waals surface area contributed by atoms with Crippen molar-refractivity contribution in [2.24, 2.45) is 5.92 Å². The summed E-state index contributed by atoms with van der Waals surface area (Å²) >= 11 is 0. The van der Waals surface area contributed by atoms with Gasteiger partial charge in [0.1, 0.15) is 5.82 Å². The minimum absolute atomic E-state index is 0.0975. The van der Waals surface area contributed by atoms with Gasteiger partial charge in [0.25, 0.3) is 0 Å². The third kappa shape index (κ3) is 4.53. The number of carboxylic acids is 1. The van der Waals surface area contributed by atoms with Gasteiger partial charge >= 0.3 is 5.97 Å². The standard InChI is InChI=1S/C13H16FNO3/c1-2-4-9(13(17)18)7-12(16)15-11-6-3-5-10(14)8-11/h3,5-6,8-9H,2,4,7H2,1H3,(H,15,16)(H,17,18). The summed E-state index contributed by atoms with van der Waals surface area (Å²) in [4.78, 5) is 22.5. The third-order valence-corrected chi connectivity index (χ3v) is 2.53. The van der Waals surface area contributed by atoms with Crippen LogP contribution in [0.2, 0.25) is 0 Å². The van der Waals surface area contributed by atoms with Crippen molar-refractivity contribution in [3.63, 3.8) is 0 Å². The van der Waals surface area contributed by atoms with Gasteiger partial charge in [-0.15, -0.1) is 0 Å². The van der Waals surface area contributed by atoms with E-state index in [0.717, 1.165) is 0 Å². The zero-order chi connectivity index (χ0) is 13.5. The maximum absolute atomic E-state index is 12.9. The van der Waals surface area contributed by atoms with E-state index in [1.807, 2.05) is 6.92 Å². The van der Waals surface area contributed by atoms with Gasteiger partial charge in [0.05, 0.1) is 5.92 Å². The monoisotopic (exact) mass is 253 g/mol. The van der Waals surface area contributed by atoms with Crippen LogP contribution in [0.15, 0.2) is 24.3 Å². The van der Waals surface area contributed by atoms with Gasteiger partial charge in [-0.1, -0.05) is 19.4 Å². The van der Waals surface area contributed by atoms with E-state index in [1.165, 1.54) is 18.2 Å². The normalized spacial score (nSPS) is 11.9. The Morgan fingerprint density at radius 2 is 2.17 bits per heavy atom. The molecule has 2 N–H and O–H groups in total. The zero-order valence-electron chi connectivity index (χ0n) is 10.1. The topological polar surface area (TPSA) is 66.4 Å². The number of nitrogens with one attached hydrogen (secondary N) is 1. The van der Waals surface area contributed by atoms with Crippen molar-refractivity contribution in [3.05, 3.63) is 30.1 Å². The lowest BCUT2D eigenvalue weighted by molar-refractivity contribution is -0.143. The Morgan fingerprint density at radius 3 is 2.72 bits per heavy atom. The molecule has 0 bridgehead atoms. The van der Waals surface area contributed by atoms with E-state index in [4.69, 9.17) is 5.11 Å². The van der Waals surface area contributed by atoms with E-state index in [2.05, 4.69) is 5.32 Å². The summed E-state index contributed by atoms with van der Waals surface area (Å²) in [6.07, 6.45) is 1.05. The molecule has 1 aromatic rings. The quantitative estimate of drug-likeness (QED) is 0.819. The van der Waals surface area contributed by atoms with Crippen LogP contribution < -0.4 is 5.32 Å². The van der Waals surface area contributed by atoms with Gasteiger partial charge in [-0.25, -0.2) is 4.39 Å². The fourth-order valence-electron chi connectivity index (χ4n) is 1.66. The molecule has 0 aliphatic rings. The summed E-state index contributed by atoms with van der Waals surface area (Å²) in [6, 6.07) is 5.49. The number of hydrogen-bond acceptors (Lipinski definition) is 2. The number of carbonyl (C=O) groups excluding carboxylic acids is 1. The number of rotatable bonds is 6. The number of amides is 1. The Labute approximate surface area is 105 Å². The molecular weight excluding hydrogens is 237 g/mol. The summed E-state index contributed by atoms with van der Waals surface area (Å²) < 4.78 is 12.9. The van der Waals surface area contributed by atoms with E-state index >= 15 is 0 Å². The molecule has 98 valence electrons. The highest BCUT2D eigenvalue weighted by atomic mass is 19.1. The van der Waals surface area contributed by atoms with E-state index in [-0.39, 0.29) is 6.42 Å². The van der Waals surface area contributed by atoms with Crippen LogP contribution in [0.1, 0.15) is 26.2 Å². The van der Waals surface area contributed by atoms with Gasteiger partial charge in [-0.3, -0.25) is 9.59 Å². The minimum atomic E-state index is -0.980. The van der Waals surface area contributed by atoms with Crippen molar-refractivity contribution in [3.8, 4) is 0 Å². The summed E-state index contributed by atoms with van der Waals surface area (Å²) in [5.41, 5.74) is 0.334. The second kappa shape index (κ2) is 6.74. The first-order valence-corrected chi connectivity index (χ1v) is 5.81. The van der Waals surface area contributed by atoms with Crippen molar-refractivity contribution >= 4 is 17.6 Å². The van der Waals surface area contributed by atoms with Crippen molar-refractivity contribution in [2.75, 3.05) is 5.32 Å². The SMILES string of the molecule is CCCC(CC(=O)Nc1cccc(F)c1)C(=O)O. The molecule has 0 aliphatic carbocycles. The van der Waals surface area contributed by atoms with Crippen LogP contribution >= 0.6 is 0 Å². The van der Waals surface area contributed by atoms with Crippen molar-refractivity contribution in [1.29, 1.82) is 0 Å². The summed E-state index contributed by atoms with van der Waals surface area (Å²) in [5.74, 6) is -2.53. The molecule has 0 aromatic heterocycles. The second-order valence-electron chi connectivity index (χ2n) is 4.09. The van der Waals surface area contributed by atoms with Gasteiger partial charge in [-0.05, 0) is 24.6 Å². The molecule has 1 aromatic carbocycles. The number of benzene rings is 1. The smallest absolute Gasteiger partial charge is 0.307 e. The molecule has 18 heavy (non-hydrogen) atoms. The fourth-order valence-corrected chi connectivity index (χ4v) is 1.66. The van der Waals surface area contributed by atoms with Gasteiger partial charge < -0.3 is 10.4 Å². The first kappa shape index (κ1) is 14.2. The highest BCUT2D eigenvalue weighted by Gasteiger charge is 2.20. The van der Waals surface area contributed by atoms with Crippen LogP contribution in [0.25, 0.3) is 0 Å². The lowest BCUT2D eigenvalue weighted by Crippen LogP contribution is -2.22. The van der Waals surface area contributed by atoms with E-state index in [9.17, 15) is 14.0 Å². The molecule has 1 unspecified atom stereocenters. The molecule has 0 heterocycles. The molecule has 5 heteroatoms. The highest BCUT2D eigenvalue weighted by molar-refractivity contribution is 5.93. The van der Waals surface area contributed by atoms with E-state index in [1.54, 1.807) is 6.07 Å². The van der Waals surface area contributed by atoms with Crippen molar-refractivity contribution in [1.82, 2.24) is 0 Å². The lowest BCUT2D eigenvalue weighted by Gasteiger charge is -2.11. The van der Waals surface area contributed by atoms with Crippen molar-refractivity contribution < 1.29 is 19.1 Å². The van der Waals surface area contributed by atoms with Crippen LogP contribution in [-0.2, 0) is 9.59 Å². The zero-order valence-corrected chi connectivity index (χ0v) is 10.1. The van der Waals surface area contributed by atoms with Crippen LogP contribution in [0.3, 0.4) is 0 Å². The first-order chi connectivity index (χ1) is 8.52. The average molecular weight is 253 g/mol. The molecule has 0 saturated carbocycles. The van der Waals surface area contributed by atoms with Crippen LogP contribution in [0, 0.1) is 11.7 Å². The predicted octanol–water partition coefficient (Wildman–Crippen LogP) is 2.66. The maximum atomic E-state index is 12.9. The Balaban J connectivity index is 2.57. The fraction of sp³-hybridized carbons (Fsp3) is 0.385. The Hall–Kier alpha value is -1.91. The van der Waals surface area contributed by atoms with Gasteiger partial charge in [0, 0.05) is 12.1 Å². The van der Waals surface area contributed by atoms with Crippen LogP contribution in [-0.4, -0.2) is 17.0 Å². The van der Waals surface area contributed by atoms with Gasteiger partial charge in [0.2, 0.25) is 5.91 Å². The number of carboxylic acid groups (broad SMARTS) is 1. The first-order valence-electron chi connectivity index (χ1n) is 5.81. The average Bonchev–Trinajstić information content (AvgIpc) is 2.28. The second-order valence-corrected chi connectivity index (χ2v) is 4.09. The van der Waals surface area contributed by atoms with Gasteiger partial charge in [-0.2, -0.15) is 0 Å². The Bertz CT molecular complexity index is 434. The molecule has 0 radical (unpaired) electrons. The number of carbonyl (C=O) groups is 2. The summed E-state index contributed by atoms with van der Waals surface area (Å²) in [6.45, 7) is 1.86. The molecule has 1 atom stereocenters. The molecule has 0 aliphatic heterocycles. The largest absolute Gasteiger partial charge is 0.481 e. The number of anilines is 1. The minimum Gasteiger partial charge on any atom is -0.481 e. The maximum Gasteiger partial charge on any atom is 0.307 e. The molecule has 0 fully saturated rings. The van der Waals surface area contributed by atoms with E-state index < -0.39 is 23.6 Å². The highest BCUT2D eigenvalue weighted by Crippen LogP contribution is 2.14.